The van der Waals surface area contributed by atoms with E-state index < -0.39 is 0 Å². The number of likely N-dealkylation sites (tertiary alicyclic amines) is 1. The van der Waals surface area contributed by atoms with E-state index in [1.807, 2.05) is 24.3 Å². The molecule has 0 spiro atoms. The van der Waals surface area contributed by atoms with Gasteiger partial charge in [0.25, 0.3) is 0 Å². The number of benzene rings is 1. The van der Waals surface area contributed by atoms with Gasteiger partial charge >= 0.3 is 0 Å². The molecule has 8 nitrogen and oxygen atoms in total. The van der Waals surface area contributed by atoms with Crippen LogP contribution in [0.5, 0.6) is 5.75 Å². The first-order chi connectivity index (χ1) is 14.5. The lowest BCUT2D eigenvalue weighted by atomic mass is 10.1. The van der Waals surface area contributed by atoms with Crippen LogP contribution in [0.15, 0.2) is 29.3 Å². The first-order valence-electron chi connectivity index (χ1n) is 10.7. The number of hydrogen-bond donors (Lipinski definition) is 1. The number of aliphatic imine (C=N–C) groups is 1. The van der Waals surface area contributed by atoms with Gasteiger partial charge in [-0.05, 0) is 30.0 Å². The van der Waals surface area contributed by atoms with Crippen LogP contribution in [0.1, 0.15) is 12.0 Å². The molecule has 2 aliphatic heterocycles. The number of morpholine rings is 1. The van der Waals surface area contributed by atoms with Gasteiger partial charge in [-0.15, -0.1) is 0 Å². The molecule has 0 saturated carbocycles. The number of nitrogens with zero attached hydrogens (tertiary/aromatic N) is 4. The standard InChI is InChI=1S/C22H35N5O3/c1-25(2)21(28)15-24-22(23-14-18-4-6-20(29-3)7-5-18)27-9-8-19(17-27)16-26-10-12-30-13-11-26/h4-7,19H,8-17H2,1-3H3,(H,23,24). The second kappa shape index (κ2) is 11.2. The van der Waals surface area contributed by atoms with Gasteiger partial charge in [0.2, 0.25) is 5.91 Å². The molecule has 8 heteroatoms. The van der Waals surface area contributed by atoms with E-state index in [9.17, 15) is 4.79 Å². The zero-order chi connectivity index (χ0) is 21.3. The van der Waals surface area contributed by atoms with Gasteiger partial charge in [0, 0.05) is 46.8 Å². The molecule has 1 N–H and O–H groups in total. The van der Waals surface area contributed by atoms with Crippen molar-refractivity contribution in [3.8, 4) is 5.75 Å². The minimum Gasteiger partial charge on any atom is -0.497 e. The second-order valence-electron chi connectivity index (χ2n) is 8.14. The summed E-state index contributed by atoms with van der Waals surface area (Å²) in [6.45, 7) is 7.53. The first-order valence-corrected chi connectivity index (χ1v) is 10.7. The number of amides is 1. The number of nitrogens with one attached hydrogen (secondary N) is 1. The number of hydrogen-bond acceptors (Lipinski definition) is 5. The summed E-state index contributed by atoms with van der Waals surface area (Å²) in [6, 6.07) is 7.94. The van der Waals surface area contributed by atoms with Crippen molar-refractivity contribution in [3.05, 3.63) is 29.8 Å². The zero-order valence-corrected chi connectivity index (χ0v) is 18.5. The average molecular weight is 418 g/mol. The Morgan fingerprint density at radius 1 is 1.23 bits per heavy atom. The van der Waals surface area contributed by atoms with Gasteiger partial charge < -0.3 is 24.6 Å². The minimum atomic E-state index is 0.0382. The molecule has 30 heavy (non-hydrogen) atoms. The van der Waals surface area contributed by atoms with E-state index in [-0.39, 0.29) is 12.5 Å². The highest BCUT2D eigenvalue weighted by Gasteiger charge is 2.27. The highest BCUT2D eigenvalue weighted by molar-refractivity contribution is 5.86. The predicted molar refractivity (Wildman–Crippen MR) is 118 cm³/mol. The molecule has 0 aliphatic carbocycles. The zero-order valence-electron chi connectivity index (χ0n) is 18.5. The molecule has 3 rings (SSSR count). The molecule has 2 fully saturated rings. The monoisotopic (exact) mass is 417 g/mol. The Bertz CT molecular complexity index is 701. The lowest BCUT2D eigenvalue weighted by Gasteiger charge is -2.29. The van der Waals surface area contributed by atoms with Crippen molar-refractivity contribution in [1.82, 2.24) is 20.0 Å². The number of guanidine groups is 1. The van der Waals surface area contributed by atoms with Crippen molar-refractivity contribution in [2.75, 3.05) is 73.7 Å². The van der Waals surface area contributed by atoms with E-state index in [4.69, 9.17) is 14.5 Å². The number of likely N-dealkylation sites (N-methyl/N-ethyl adjacent to an activating group) is 1. The summed E-state index contributed by atoms with van der Waals surface area (Å²) in [4.78, 5) is 23.3. The Balaban J connectivity index is 1.61. The van der Waals surface area contributed by atoms with Crippen molar-refractivity contribution < 1.29 is 14.3 Å². The van der Waals surface area contributed by atoms with Crippen molar-refractivity contribution >= 4 is 11.9 Å². The fourth-order valence-corrected chi connectivity index (χ4v) is 3.80. The van der Waals surface area contributed by atoms with E-state index in [1.54, 1.807) is 26.1 Å². The van der Waals surface area contributed by atoms with E-state index in [0.717, 1.165) is 69.6 Å². The van der Waals surface area contributed by atoms with E-state index in [2.05, 4.69) is 15.1 Å². The predicted octanol–water partition coefficient (Wildman–Crippen LogP) is 0.883. The van der Waals surface area contributed by atoms with Gasteiger partial charge in [-0.3, -0.25) is 9.69 Å². The fraction of sp³-hybridized carbons (Fsp3) is 0.636. The lowest BCUT2D eigenvalue weighted by molar-refractivity contribution is -0.127. The normalized spacial score (nSPS) is 20.3. The van der Waals surface area contributed by atoms with Gasteiger partial charge in [-0.2, -0.15) is 0 Å². The molecular weight excluding hydrogens is 382 g/mol. The van der Waals surface area contributed by atoms with Crippen LogP contribution in [0, 0.1) is 5.92 Å². The van der Waals surface area contributed by atoms with E-state index in [1.165, 1.54) is 0 Å². The summed E-state index contributed by atoms with van der Waals surface area (Å²) in [5.74, 6) is 2.30. The van der Waals surface area contributed by atoms with Crippen molar-refractivity contribution in [2.45, 2.75) is 13.0 Å². The lowest BCUT2D eigenvalue weighted by Crippen LogP contribution is -2.45. The smallest absolute Gasteiger partial charge is 0.241 e. The topological polar surface area (TPSA) is 69.6 Å². The largest absolute Gasteiger partial charge is 0.497 e. The average Bonchev–Trinajstić information content (AvgIpc) is 3.22. The molecule has 0 radical (unpaired) electrons. The molecule has 2 aliphatic rings. The third-order valence-electron chi connectivity index (χ3n) is 5.67. The highest BCUT2D eigenvalue weighted by Crippen LogP contribution is 2.19. The Morgan fingerprint density at radius 3 is 2.63 bits per heavy atom. The van der Waals surface area contributed by atoms with Crippen LogP contribution >= 0.6 is 0 Å². The van der Waals surface area contributed by atoms with Crippen molar-refractivity contribution in [2.24, 2.45) is 10.9 Å². The van der Waals surface area contributed by atoms with Crippen LogP contribution in [0.25, 0.3) is 0 Å². The van der Waals surface area contributed by atoms with E-state index in [0.29, 0.717) is 12.5 Å². The quantitative estimate of drug-likeness (QED) is 0.525. The van der Waals surface area contributed by atoms with Gasteiger partial charge in [0.1, 0.15) is 5.75 Å². The maximum Gasteiger partial charge on any atom is 0.241 e. The molecule has 0 aromatic heterocycles. The second-order valence-corrected chi connectivity index (χ2v) is 8.14. The summed E-state index contributed by atoms with van der Waals surface area (Å²) in [7, 11) is 5.20. The molecule has 166 valence electrons. The molecule has 2 heterocycles. The number of carbonyl (C=O) groups excluding carboxylic acids is 1. The minimum absolute atomic E-state index is 0.0382. The van der Waals surface area contributed by atoms with Crippen LogP contribution in [-0.4, -0.2) is 100 Å². The highest BCUT2D eigenvalue weighted by atomic mass is 16.5. The Morgan fingerprint density at radius 2 is 1.97 bits per heavy atom. The molecule has 0 bridgehead atoms. The summed E-state index contributed by atoms with van der Waals surface area (Å²) < 4.78 is 10.7. The third kappa shape index (κ3) is 6.60. The molecule has 1 aromatic carbocycles. The first kappa shape index (κ1) is 22.4. The van der Waals surface area contributed by atoms with Crippen LogP contribution < -0.4 is 10.1 Å². The summed E-state index contributed by atoms with van der Waals surface area (Å²) in [5, 5.41) is 3.29. The summed E-state index contributed by atoms with van der Waals surface area (Å²) >= 11 is 0. The molecule has 1 unspecified atom stereocenters. The number of rotatable bonds is 7. The molecule has 1 aromatic rings. The van der Waals surface area contributed by atoms with Gasteiger partial charge in [-0.25, -0.2) is 4.99 Å². The fourth-order valence-electron chi connectivity index (χ4n) is 3.80. The SMILES string of the molecule is COc1ccc(CN=C(NCC(=O)N(C)C)N2CCC(CN3CCOCC3)C2)cc1. The number of methoxy groups -OCH3 is 1. The Hall–Kier alpha value is -2.32. The van der Waals surface area contributed by atoms with Gasteiger partial charge in [0.15, 0.2) is 5.96 Å². The van der Waals surface area contributed by atoms with Crippen LogP contribution in [-0.2, 0) is 16.1 Å². The maximum absolute atomic E-state index is 12.1. The molecule has 1 amide bonds. The Labute approximate surface area is 179 Å². The van der Waals surface area contributed by atoms with E-state index >= 15 is 0 Å². The van der Waals surface area contributed by atoms with Crippen LogP contribution in [0.2, 0.25) is 0 Å². The maximum atomic E-state index is 12.1. The molecule has 2 saturated heterocycles. The Kier molecular flexibility index (Phi) is 8.33. The summed E-state index contributed by atoms with van der Waals surface area (Å²) in [5.41, 5.74) is 1.11. The third-order valence-corrected chi connectivity index (χ3v) is 5.67. The van der Waals surface area contributed by atoms with Crippen LogP contribution in [0.3, 0.4) is 0 Å². The molecular formula is C22H35N5O3. The van der Waals surface area contributed by atoms with Gasteiger partial charge in [0.05, 0.1) is 33.4 Å². The van der Waals surface area contributed by atoms with Crippen molar-refractivity contribution in [1.29, 1.82) is 0 Å². The van der Waals surface area contributed by atoms with Gasteiger partial charge in [-0.1, -0.05) is 12.1 Å². The van der Waals surface area contributed by atoms with Crippen molar-refractivity contribution in [3.63, 3.8) is 0 Å². The van der Waals surface area contributed by atoms with Crippen LogP contribution in [0.4, 0.5) is 0 Å². The summed E-state index contributed by atoms with van der Waals surface area (Å²) in [6.07, 6.45) is 1.14. The molecule has 1 atom stereocenters. The number of carbonyl (C=O) groups is 1. The number of ether oxygens (including phenoxy) is 2.